The number of rotatable bonds is 7. The number of hydrogen-bond donors (Lipinski definition) is 2. The summed E-state index contributed by atoms with van der Waals surface area (Å²) < 4.78 is 25.7. The average Bonchev–Trinajstić information content (AvgIpc) is 2.60. The van der Waals surface area contributed by atoms with Crippen molar-refractivity contribution < 1.29 is 13.2 Å². The van der Waals surface area contributed by atoms with Gasteiger partial charge in [0, 0.05) is 20.5 Å². The summed E-state index contributed by atoms with van der Waals surface area (Å²) in [7, 11) is -0.456. The Balaban J connectivity index is 0.00000338. The molecule has 0 aliphatic carbocycles. The minimum absolute atomic E-state index is 0. The zero-order chi connectivity index (χ0) is 18.4. The fourth-order valence-corrected chi connectivity index (χ4v) is 4.01. The monoisotopic (exact) mass is 403 g/mol. The van der Waals surface area contributed by atoms with Crippen molar-refractivity contribution >= 4 is 28.3 Å². The number of amides is 1. The Hall–Kier alpha value is -1.15. The fourth-order valence-electron chi connectivity index (χ4n) is 3.06. The first-order valence-electron chi connectivity index (χ1n) is 8.83. The second kappa shape index (κ2) is 10.3. The van der Waals surface area contributed by atoms with Crippen LogP contribution < -0.4 is 10.6 Å². The van der Waals surface area contributed by atoms with Gasteiger partial charge in [0.15, 0.2) is 0 Å². The molecule has 8 heteroatoms. The summed E-state index contributed by atoms with van der Waals surface area (Å²) in [4.78, 5) is 12.4. The highest BCUT2D eigenvalue weighted by atomic mass is 35.5. The zero-order valence-corrected chi connectivity index (χ0v) is 17.3. The van der Waals surface area contributed by atoms with Gasteiger partial charge in [-0.15, -0.1) is 12.4 Å². The number of nitrogens with zero attached hydrogens (tertiary/aromatic N) is 1. The molecular formula is C18H30ClN3O3S. The van der Waals surface area contributed by atoms with E-state index in [0.717, 1.165) is 37.9 Å². The predicted octanol–water partition coefficient (Wildman–Crippen LogP) is 2.32. The lowest BCUT2D eigenvalue weighted by Gasteiger charge is -2.22. The third-order valence-corrected chi connectivity index (χ3v) is 6.56. The van der Waals surface area contributed by atoms with Crippen molar-refractivity contribution in [1.29, 1.82) is 0 Å². The van der Waals surface area contributed by atoms with Gasteiger partial charge >= 0.3 is 0 Å². The van der Waals surface area contributed by atoms with Gasteiger partial charge in [-0.2, -0.15) is 0 Å². The smallest absolute Gasteiger partial charge is 0.242 e. The number of piperidine rings is 1. The molecule has 1 aliphatic rings. The Kier molecular flexibility index (Phi) is 9.03. The molecule has 1 atom stereocenters. The molecule has 26 heavy (non-hydrogen) atoms. The van der Waals surface area contributed by atoms with Crippen LogP contribution in [0.1, 0.15) is 44.2 Å². The van der Waals surface area contributed by atoms with Crippen molar-refractivity contribution in [3.05, 3.63) is 29.8 Å². The van der Waals surface area contributed by atoms with E-state index in [0.29, 0.717) is 12.3 Å². The van der Waals surface area contributed by atoms with Crippen LogP contribution in [0.15, 0.2) is 29.2 Å². The van der Waals surface area contributed by atoms with Crippen molar-refractivity contribution in [1.82, 2.24) is 14.9 Å². The molecule has 1 aliphatic heterocycles. The zero-order valence-electron chi connectivity index (χ0n) is 15.7. The number of carbonyl (C=O) groups excluding carboxylic acids is 1. The van der Waals surface area contributed by atoms with Crippen molar-refractivity contribution in [2.24, 2.45) is 5.92 Å². The maximum Gasteiger partial charge on any atom is 0.242 e. The lowest BCUT2D eigenvalue weighted by Crippen LogP contribution is -2.30. The Morgan fingerprint density at radius 1 is 1.31 bits per heavy atom. The largest absolute Gasteiger partial charge is 0.350 e. The summed E-state index contributed by atoms with van der Waals surface area (Å²) in [6.45, 7) is 3.95. The molecule has 1 fully saturated rings. The van der Waals surface area contributed by atoms with Crippen LogP contribution >= 0.6 is 12.4 Å². The van der Waals surface area contributed by atoms with Crippen LogP contribution in [0.5, 0.6) is 0 Å². The summed E-state index contributed by atoms with van der Waals surface area (Å²) in [5.41, 5.74) is 0.790. The van der Waals surface area contributed by atoms with Crippen LogP contribution in [0.4, 0.5) is 0 Å². The number of hydrogen-bond acceptors (Lipinski definition) is 4. The minimum Gasteiger partial charge on any atom is -0.350 e. The maximum absolute atomic E-state index is 12.2. The van der Waals surface area contributed by atoms with E-state index >= 15 is 0 Å². The van der Waals surface area contributed by atoms with E-state index in [2.05, 4.69) is 10.6 Å². The summed E-state index contributed by atoms with van der Waals surface area (Å²) in [6, 6.07) is 6.53. The van der Waals surface area contributed by atoms with Crippen LogP contribution in [0, 0.1) is 5.92 Å². The Labute approximate surface area is 163 Å². The maximum atomic E-state index is 12.2. The minimum atomic E-state index is -3.47. The molecule has 0 saturated carbocycles. The third-order valence-electron chi connectivity index (χ3n) is 4.75. The van der Waals surface area contributed by atoms with Crippen molar-refractivity contribution in [3.8, 4) is 0 Å². The number of benzene rings is 1. The molecule has 1 saturated heterocycles. The first-order valence-corrected chi connectivity index (χ1v) is 10.3. The van der Waals surface area contributed by atoms with Crippen LogP contribution in [0.2, 0.25) is 0 Å². The number of halogens is 1. The van der Waals surface area contributed by atoms with E-state index in [1.807, 2.05) is 13.0 Å². The molecule has 2 N–H and O–H groups in total. The molecule has 0 aromatic heterocycles. The average molecular weight is 404 g/mol. The van der Waals surface area contributed by atoms with E-state index in [4.69, 9.17) is 0 Å². The van der Waals surface area contributed by atoms with Crippen molar-refractivity contribution in [2.45, 2.75) is 43.5 Å². The molecular weight excluding hydrogens is 374 g/mol. The highest BCUT2D eigenvalue weighted by molar-refractivity contribution is 7.89. The van der Waals surface area contributed by atoms with Gasteiger partial charge in [0.1, 0.15) is 0 Å². The fraction of sp³-hybridized carbons (Fsp3) is 0.611. The van der Waals surface area contributed by atoms with E-state index in [-0.39, 0.29) is 29.3 Å². The van der Waals surface area contributed by atoms with Gasteiger partial charge in [-0.3, -0.25) is 4.79 Å². The predicted molar refractivity (Wildman–Crippen MR) is 106 cm³/mol. The second-order valence-electron chi connectivity index (χ2n) is 6.88. The molecule has 0 radical (unpaired) electrons. The summed E-state index contributed by atoms with van der Waals surface area (Å²) in [5.74, 6) is 0.641. The lowest BCUT2D eigenvalue weighted by atomic mass is 9.93. The molecule has 1 unspecified atom stereocenters. The van der Waals surface area contributed by atoms with Gasteiger partial charge in [0.2, 0.25) is 15.9 Å². The topological polar surface area (TPSA) is 78.5 Å². The lowest BCUT2D eigenvalue weighted by molar-refractivity contribution is -0.122. The van der Waals surface area contributed by atoms with Gasteiger partial charge in [0.25, 0.3) is 0 Å². The molecule has 1 heterocycles. The van der Waals surface area contributed by atoms with Crippen molar-refractivity contribution in [2.75, 3.05) is 27.2 Å². The SMILES string of the molecule is CC(NC(=O)CCC1CCNCC1)c1cccc(S(=O)(=O)N(C)C)c1.Cl. The molecule has 148 valence electrons. The highest BCUT2D eigenvalue weighted by Gasteiger charge is 2.19. The van der Waals surface area contributed by atoms with E-state index < -0.39 is 10.0 Å². The van der Waals surface area contributed by atoms with Crippen LogP contribution in [0.3, 0.4) is 0 Å². The molecule has 1 aromatic rings. The van der Waals surface area contributed by atoms with Gasteiger partial charge in [0.05, 0.1) is 10.9 Å². The van der Waals surface area contributed by atoms with Crippen LogP contribution in [-0.4, -0.2) is 45.8 Å². The van der Waals surface area contributed by atoms with E-state index in [1.165, 1.54) is 18.4 Å². The molecule has 0 spiro atoms. The third kappa shape index (κ3) is 6.23. The number of nitrogens with one attached hydrogen (secondary N) is 2. The van der Waals surface area contributed by atoms with E-state index in [1.54, 1.807) is 18.2 Å². The standard InChI is InChI=1S/C18H29N3O3S.ClH/c1-14(20-18(22)8-7-15-9-11-19-12-10-15)16-5-4-6-17(13-16)25(23,24)21(2)3;/h4-6,13-15,19H,7-12H2,1-3H3,(H,20,22);1H. The normalized spacial score (nSPS) is 16.8. The van der Waals surface area contributed by atoms with Crippen LogP contribution in [0.25, 0.3) is 0 Å². The van der Waals surface area contributed by atoms with E-state index in [9.17, 15) is 13.2 Å². The van der Waals surface area contributed by atoms with Gasteiger partial charge in [-0.1, -0.05) is 12.1 Å². The number of carbonyl (C=O) groups is 1. The molecule has 1 aromatic carbocycles. The first-order chi connectivity index (χ1) is 11.8. The summed E-state index contributed by atoms with van der Waals surface area (Å²) >= 11 is 0. The Morgan fingerprint density at radius 3 is 2.58 bits per heavy atom. The molecule has 0 bridgehead atoms. The summed E-state index contributed by atoms with van der Waals surface area (Å²) in [6.07, 6.45) is 3.69. The molecule has 1 amide bonds. The Morgan fingerprint density at radius 2 is 1.96 bits per heavy atom. The van der Waals surface area contributed by atoms with Gasteiger partial charge in [-0.05, 0) is 62.9 Å². The summed E-state index contributed by atoms with van der Waals surface area (Å²) in [5, 5.41) is 6.31. The quantitative estimate of drug-likeness (QED) is 0.732. The molecule has 6 nitrogen and oxygen atoms in total. The van der Waals surface area contributed by atoms with Gasteiger partial charge < -0.3 is 10.6 Å². The Bertz CT molecular complexity index is 689. The van der Waals surface area contributed by atoms with Crippen molar-refractivity contribution in [3.63, 3.8) is 0 Å². The molecule has 2 rings (SSSR count). The van der Waals surface area contributed by atoms with Crippen LogP contribution in [-0.2, 0) is 14.8 Å². The highest BCUT2D eigenvalue weighted by Crippen LogP contribution is 2.21. The second-order valence-corrected chi connectivity index (χ2v) is 9.03. The van der Waals surface area contributed by atoms with Gasteiger partial charge in [-0.25, -0.2) is 12.7 Å². The first kappa shape index (κ1) is 22.9. The number of sulfonamides is 1.